The third-order valence-corrected chi connectivity index (χ3v) is 5.92. The highest BCUT2D eigenvalue weighted by Gasteiger charge is 2.47. The van der Waals surface area contributed by atoms with Gasteiger partial charge in [-0.15, -0.1) is 0 Å². The normalized spacial score (nSPS) is 17.7. The summed E-state index contributed by atoms with van der Waals surface area (Å²) in [5.74, 6) is -1.11. The van der Waals surface area contributed by atoms with Crippen molar-refractivity contribution in [2.45, 2.75) is 12.5 Å². The lowest BCUT2D eigenvalue weighted by molar-refractivity contribution is -0.140. The molecule has 1 fully saturated rings. The molecule has 1 aliphatic heterocycles. The molecule has 1 saturated heterocycles. The number of likely N-dealkylation sites (tertiary alicyclic amines) is 1. The molecule has 1 N–H and O–H groups in total. The summed E-state index contributed by atoms with van der Waals surface area (Å²) in [5.41, 5.74) is 1.06. The zero-order chi connectivity index (χ0) is 22.8. The summed E-state index contributed by atoms with van der Waals surface area (Å²) in [5, 5.41) is 11.9. The number of furan rings is 1. The number of ketones is 1. The molecule has 0 aliphatic carbocycles. The quantitative estimate of drug-likeness (QED) is 0.301. The Morgan fingerprint density at radius 1 is 1.12 bits per heavy atom. The number of benzene rings is 2. The molecular formula is C24H19Cl2NO5. The Morgan fingerprint density at radius 3 is 2.53 bits per heavy atom. The molecule has 4 rings (SSSR count). The van der Waals surface area contributed by atoms with Crippen LogP contribution < -0.4 is 4.74 Å². The molecule has 0 bridgehead atoms. The summed E-state index contributed by atoms with van der Waals surface area (Å²) in [4.78, 5) is 27.4. The van der Waals surface area contributed by atoms with Gasteiger partial charge in [-0.2, -0.15) is 0 Å². The first-order valence-electron chi connectivity index (χ1n) is 9.81. The van der Waals surface area contributed by atoms with Crippen LogP contribution in [0.25, 0.3) is 5.76 Å². The molecule has 1 aromatic heterocycles. The largest absolute Gasteiger partial charge is 0.507 e. The number of Topliss-reactive ketones (excluding diaryl/α,β-unsaturated/α-hetero) is 1. The van der Waals surface area contributed by atoms with Crippen molar-refractivity contribution in [3.63, 3.8) is 0 Å². The van der Waals surface area contributed by atoms with Crippen molar-refractivity contribution in [1.29, 1.82) is 0 Å². The molecule has 6 nitrogen and oxygen atoms in total. The second-order valence-electron chi connectivity index (χ2n) is 7.23. The molecule has 1 unspecified atom stereocenters. The van der Waals surface area contributed by atoms with Gasteiger partial charge in [0.15, 0.2) is 0 Å². The first-order valence-corrected chi connectivity index (χ1v) is 10.6. The lowest BCUT2D eigenvalue weighted by Gasteiger charge is -2.23. The van der Waals surface area contributed by atoms with Gasteiger partial charge in [0, 0.05) is 17.1 Å². The predicted octanol–water partition coefficient (Wildman–Crippen LogP) is 5.26. The fraction of sp³-hybridized carbons (Fsp3) is 0.167. The number of methoxy groups -OCH3 is 1. The van der Waals surface area contributed by atoms with Gasteiger partial charge >= 0.3 is 0 Å². The van der Waals surface area contributed by atoms with Gasteiger partial charge in [0.1, 0.15) is 23.3 Å². The van der Waals surface area contributed by atoms with E-state index in [1.807, 2.05) is 12.1 Å². The topological polar surface area (TPSA) is 80.0 Å². The van der Waals surface area contributed by atoms with E-state index < -0.39 is 17.7 Å². The number of ether oxygens (including phenoxy) is 1. The fourth-order valence-electron chi connectivity index (χ4n) is 3.71. The number of nitrogens with zero attached hydrogens (tertiary/aromatic N) is 1. The Balaban J connectivity index is 1.76. The van der Waals surface area contributed by atoms with Gasteiger partial charge in [-0.3, -0.25) is 9.59 Å². The second-order valence-corrected chi connectivity index (χ2v) is 8.07. The predicted molar refractivity (Wildman–Crippen MR) is 121 cm³/mol. The van der Waals surface area contributed by atoms with Gasteiger partial charge in [0.2, 0.25) is 0 Å². The second kappa shape index (κ2) is 9.10. The van der Waals surface area contributed by atoms with Gasteiger partial charge < -0.3 is 19.2 Å². The third kappa shape index (κ3) is 4.11. The van der Waals surface area contributed by atoms with Crippen LogP contribution in [0.3, 0.4) is 0 Å². The summed E-state index contributed by atoms with van der Waals surface area (Å²) in [6, 6.07) is 14.4. The number of hydrogen-bond donors (Lipinski definition) is 1. The number of rotatable bonds is 6. The van der Waals surface area contributed by atoms with E-state index in [9.17, 15) is 14.7 Å². The molecule has 0 saturated carbocycles. The van der Waals surface area contributed by atoms with Crippen molar-refractivity contribution in [3.05, 3.63) is 93.4 Å². The van der Waals surface area contributed by atoms with Crippen LogP contribution in [0.15, 0.2) is 70.9 Å². The maximum atomic E-state index is 13.0. The molecule has 0 spiro atoms. The maximum absolute atomic E-state index is 13.0. The van der Waals surface area contributed by atoms with Gasteiger partial charge in [0.25, 0.3) is 11.7 Å². The Kier molecular flexibility index (Phi) is 6.26. The van der Waals surface area contributed by atoms with E-state index in [2.05, 4.69) is 0 Å². The van der Waals surface area contributed by atoms with Crippen molar-refractivity contribution in [3.8, 4) is 5.75 Å². The van der Waals surface area contributed by atoms with E-state index in [1.165, 1.54) is 24.3 Å². The van der Waals surface area contributed by atoms with E-state index in [0.29, 0.717) is 23.0 Å². The molecule has 3 aromatic rings. The molecule has 2 heterocycles. The molecule has 2 aromatic carbocycles. The Hall–Kier alpha value is -3.22. The summed E-state index contributed by atoms with van der Waals surface area (Å²) < 4.78 is 10.7. The van der Waals surface area contributed by atoms with Gasteiger partial charge in [-0.05, 0) is 54.4 Å². The van der Waals surface area contributed by atoms with Gasteiger partial charge in [-0.1, -0.05) is 35.3 Å². The van der Waals surface area contributed by atoms with Crippen molar-refractivity contribution >= 4 is 40.7 Å². The molecule has 1 amide bonds. The minimum absolute atomic E-state index is 0.0868. The van der Waals surface area contributed by atoms with Crippen LogP contribution >= 0.6 is 23.2 Å². The smallest absolute Gasteiger partial charge is 0.295 e. The molecule has 1 atom stereocenters. The van der Waals surface area contributed by atoms with Crippen LogP contribution in [0.5, 0.6) is 5.75 Å². The van der Waals surface area contributed by atoms with E-state index in [-0.39, 0.29) is 28.5 Å². The number of aliphatic hydroxyl groups is 1. The summed E-state index contributed by atoms with van der Waals surface area (Å²) in [6.45, 7) is 0.236. The molecular weight excluding hydrogens is 453 g/mol. The van der Waals surface area contributed by atoms with E-state index in [4.69, 9.17) is 32.4 Å². The number of carbonyl (C=O) groups is 2. The highest BCUT2D eigenvalue weighted by atomic mass is 35.5. The molecule has 0 radical (unpaired) electrons. The zero-order valence-electron chi connectivity index (χ0n) is 17.0. The van der Waals surface area contributed by atoms with Crippen LogP contribution in [-0.2, 0) is 16.0 Å². The number of hydrogen-bond acceptors (Lipinski definition) is 5. The standard InChI is InChI=1S/C24H19Cl2NO5/c1-31-16-8-9-18(26)17(13-16)22(28)20-21(19-3-2-12-32-19)27(24(30)23(20)29)11-10-14-4-6-15(25)7-5-14/h2-9,12-13,21,28H,10-11H2,1H3/b22-20-. The molecule has 1 aliphatic rings. The highest BCUT2D eigenvalue weighted by Crippen LogP contribution is 2.41. The molecule has 164 valence electrons. The maximum Gasteiger partial charge on any atom is 0.295 e. The fourth-order valence-corrected chi connectivity index (χ4v) is 4.04. The minimum Gasteiger partial charge on any atom is -0.507 e. The van der Waals surface area contributed by atoms with Crippen LogP contribution in [-0.4, -0.2) is 35.4 Å². The minimum atomic E-state index is -0.889. The molecule has 32 heavy (non-hydrogen) atoms. The Morgan fingerprint density at radius 2 is 1.88 bits per heavy atom. The van der Waals surface area contributed by atoms with Crippen molar-refractivity contribution in [2.24, 2.45) is 0 Å². The molecule has 8 heteroatoms. The zero-order valence-corrected chi connectivity index (χ0v) is 18.6. The number of carbonyl (C=O) groups excluding carboxylic acids is 2. The number of aliphatic hydroxyl groups excluding tert-OH is 1. The van der Waals surface area contributed by atoms with Crippen LogP contribution in [0.2, 0.25) is 10.0 Å². The summed E-state index contributed by atoms with van der Waals surface area (Å²) in [6.07, 6.45) is 1.94. The van der Waals surface area contributed by atoms with Gasteiger partial charge in [-0.25, -0.2) is 0 Å². The van der Waals surface area contributed by atoms with E-state index in [1.54, 1.807) is 36.4 Å². The lowest BCUT2D eigenvalue weighted by atomic mass is 9.99. The van der Waals surface area contributed by atoms with Gasteiger partial charge in [0.05, 0.1) is 24.0 Å². The van der Waals surface area contributed by atoms with Crippen molar-refractivity contribution in [1.82, 2.24) is 4.90 Å². The number of amides is 1. The summed E-state index contributed by atoms with van der Waals surface area (Å²) >= 11 is 12.2. The average molecular weight is 472 g/mol. The first-order chi connectivity index (χ1) is 15.4. The first kappa shape index (κ1) is 22.0. The van der Waals surface area contributed by atoms with Crippen LogP contribution in [0.4, 0.5) is 0 Å². The lowest BCUT2D eigenvalue weighted by Crippen LogP contribution is -2.31. The van der Waals surface area contributed by atoms with Crippen LogP contribution in [0, 0.1) is 0 Å². The number of halogens is 2. The van der Waals surface area contributed by atoms with Crippen molar-refractivity contribution in [2.75, 3.05) is 13.7 Å². The van der Waals surface area contributed by atoms with E-state index in [0.717, 1.165) is 5.56 Å². The Bertz CT molecular complexity index is 1190. The summed E-state index contributed by atoms with van der Waals surface area (Å²) in [7, 11) is 1.48. The average Bonchev–Trinajstić information content (AvgIpc) is 3.41. The SMILES string of the molecule is COc1ccc(Cl)c(/C(O)=C2/C(=O)C(=O)N(CCc3ccc(Cl)cc3)C2c2ccco2)c1. The Labute approximate surface area is 194 Å². The highest BCUT2D eigenvalue weighted by molar-refractivity contribution is 6.47. The van der Waals surface area contributed by atoms with E-state index >= 15 is 0 Å². The van der Waals surface area contributed by atoms with Crippen molar-refractivity contribution < 1.29 is 23.8 Å². The third-order valence-electron chi connectivity index (χ3n) is 5.34. The van der Waals surface area contributed by atoms with Crippen LogP contribution in [0.1, 0.15) is 22.9 Å². The monoisotopic (exact) mass is 471 g/mol.